The Morgan fingerprint density at radius 2 is 1.52 bits per heavy atom. The van der Waals surface area contributed by atoms with Crippen molar-refractivity contribution in [1.82, 2.24) is 20.4 Å². The zero-order valence-corrected chi connectivity index (χ0v) is 17.9. The monoisotopic (exact) mass is 458 g/mol. The summed E-state index contributed by atoms with van der Waals surface area (Å²) < 4.78 is 39.4. The largest absolute Gasteiger partial charge is 0.416 e. The van der Waals surface area contributed by atoms with Gasteiger partial charge in [-0.15, -0.1) is 0 Å². The number of benzene rings is 2. The Morgan fingerprint density at radius 1 is 0.909 bits per heavy atom. The Hall–Kier alpha value is -3.95. The summed E-state index contributed by atoms with van der Waals surface area (Å²) in [5.41, 5.74) is 1.08. The van der Waals surface area contributed by atoms with E-state index in [9.17, 15) is 27.6 Å². The van der Waals surface area contributed by atoms with Crippen LogP contribution in [0.15, 0.2) is 54.6 Å². The molecule has 3 rings (SSSR count). The van der Waals surface area contributed by atoms with E-state index in [2.05, 4.69) is 15.7 Å². The van der Waals surface area contributed by atoms with Crippen molar-refractivity contribution in [2.45, 2.75) is 20.0 Å². The van der Waals surface area contributed by atoms with E-state index < -0.39 is 29.3 Å². The lowest BCUT2D eigenvalue weighted by Gasteiger charge is -2.09. The fraction of sp³-hybridized carbons (Fsp3) is 0.217. The van der Waals surface area contributed by atoms with Crippen LogP contribution in [-0.4, -0.2) is 40.5 Å². The van der Waals surface area contributed by atoms with E-state index in [1.165, 1.54) is 0 Å². The summed E-state index contributed by atoms with van der Waals surface area (Å²) in [6, 6.07) is 12.9. The lowest BCUT2D eigenvalue weighted by atomic mass is 10.1. The summed E-state index contributed by atoms with van der Waals surface area (Å²) in [6.45, 7) is 3.27. The number of rotatable bonds is 7. The molecule has 0 radical (unpaired) electrons. The normalized spacial score (nSPS) is 11.2. The van der Waals surface area contributed by atoms with Gasteiger partial charge in [-0.05, 0) is 50.2 Å². The van der Waals surface area contributed by atoms with E-state index in [1.807, 2.05) is 30.3 Å². The highest BCUT2D eigenvalue weighted by Crippen LogP contribution is 2.29. The van der Waals surface area contributed by atoms with Gasteiger partial charge >= 0.3 is 6.18 Å². The number of carbonyl (C=O) groups excluding carboxylic acids is 3. The molecule has 2 amide bonds. The van der Waals surface area contributed by atoms with Crippen LogP contribution in [0.3, 0.4) is 0 Å². The van der Waals surface area contributed by atoms with Crippen molar-refractivity contribution in [2.24, 2.45) is 0 Å². The molecular weight excluding hydrogens is 437 g/mol. The van der Waals surface area contributed by atoms with Gasteiger partial charge in [-0.3, -0.25) is 14.4 Å². The molecule has 33 heavy (non-hydrogen) atoms. The fourth-order valence-electron chi connectivity index (χ4n) is 3.25. The first-order valence-corrected chi connectivity index (χ1v) is 9.99. The third kappa shape index (κ3) is 5.46. The van der Waals surface area contributed by atoms with Crippen molar-refractivity contribution in [3.63, 3.8) is 0 Å². The molecule has 3 aromatic rings. The number of aromatic nitrogens is 2. The standard InChI is InChI=1S/C23H21F3N4O3/c1-14-19(15(2)30(29-14)18-6-4-3-5-7-18)20(31)22(33)28-13-12-27-21(32)16-8-10-17(11-9-16)23(24,25)26/h3-11H,12-13H2,1-2H3,(H,27,32)(H,28,33). The van der Waals surface area contributed by atoms with E-state index in [-0.39, 0.29) is 24.2 Å². The van der Waals surface area contributed by atoms with E-state index in [1.54, 1.807) is 18.5 Å². The lowest BCUT2D eigenvalue weighted by Crippen LogP contribution is -2.38. The Bertz CT molecular complexity index is 1170. The van der Waals surface area contributed by atoms with Crippen molar-refractivity contribution < 1.29 is 27.6 Å². The summed E-state index contributed by atoms with van der Waals surface area (Å²) >= 11 is 0. The van der Waals surface area contributed by atoms with Gasteiger partial charge in [-0.1, -0.05) is 18.2 Å². The first-order chi connectivity index (χ1) is 15.6. The first kappa shape index (κ1) is 23.7. The number of para-hydroxylation sites is 1. The van der Waals surface area contributed by atoms with Crippen LogP contribution >= 0.6 is 0 Å². The number of aryl methyl sites for hydroxylation is 1. The molecule has 2 N–H and O–H groups in total. The number of alkyl halides is 3. The van der Waals surface area contributed by atoms with Gasteiger partial charge in [0.05, 0.1) is 28.2 Å². The molecule has 0 fully saturated rings. The predicted molar refractivity (Wildman–Crippen MR) is 114 cm³/mol. The summed E-state index contributed by atoms with van der Waals surface area (Å²) in [4.78, 5) is 37.0. The van der Waals surface area contributed by atoms with Crippen LogP contribution in [0.2, 0.25) is 0 Å². The van der Waals surface area contributed by atoms with E-state index in [4.69, 9.17) is 0 Å². The number of halogens is 3. The van der Waals surface area contributed by atoms with Gasteiger partial charge in [0.15, 0.2) is 0 Å². The highest BCUT2D eigenvalue weighted by atomic mass is 19.4. The second kappa shape index (κ2) is 9.68. The van der Waals surface area contributed by atoms with Crippen LogP contribution in [-0.2, 0) is 11.0 Å². The molecule has 172 valence electrons. The lowest BCUT2D eigenvalue weighted by molar-refractivity contribution is -0.137. The molecule has 0 unspecified atom stereocenters. The molecule has 1 heterocycles. The fourth-order valence-corrected chi connectivity index (χ4v) is 3.25. The van der Waals surface area contributed by atoms with Gasteiger partial charge < -0.3 is 10.6 Å². The number of ketones is 1. The number of hydrogen-bond donors (Lipinski definition) is 2. The summed E-state index contributed by atoms with van der Waals surface area (Å²) in [5.74, 6) is -2.20. The molecule has 0 aliphatic heterocycles. The van der Waals surface area contributed by atoms with Gasteiger partial charge in [0.2, 0.25) is 0 Å². The van der Waals surface area contributed by atoms with Gasteiger partial charge in [0.1, 0.15) is 0 Å². The maximum Gasteiger partial charge on any atom is 0.416 e. The molecule has 10 heteroatoms. The Labute approximate surface area is 187 Å². The Morgan fingerprint density at radius 3 is 2.12 bits per heavy atom. The number of Topliss-reactive ketones (excluding diaryl/α,β-unsaturated/α-hetero) is 1. The van der Waals surface area contributed by atoms with Crippen LogP contribution in [0, 0.1) is 13.8 Å². The van der Waals surface area contributed by atoms with Crippen molar-refractivity contribution in [3.8, 4) is 5.69 Å². The molecule has 2 aromatic carbocycles. The number of carbonyl (C=O) groups is 3. The minimum absolute atomic E-state index is 0.0138. The molecule has 0 spiro atoms. The van der Waals surface area contributed by atoms with Crippen molar-refractivity contribution in [3.05, 3.63) is 82.7 Å². The SMILES string of the molecule is Cc1nn(-c2ccccc2)c(C)c1C(=O)C(=O)NCCNC(=O)c1ccc(C(F)(F)F)cc1. The molecule has 0 aliphatic rings. The zero-order chi connectivity index (χ0) is 24.2. The third-order valence-corrected chi connectivity index (χ3v) is 4.90. The smallest absolute Gasteiger partial charge is 0.350 e. The summed E-state index contributed by atoms with van der Waals surface area (Å²) in [5, 5.41) is 9.25. The van der Waals surface area contributed by atoms with Crippen molar-refractivity contribution >= 4 is 17.6 Å². The van der Waals surface area contributed by atoms with Crippen LogP contribution in [0.25, 0.3) is 5.69 Å². The van der Waals surface area contributed by atoms with Crippen LogP contribution < -0.4 is 10.6 Å². The summed E-state index contributed by atoms with van der Waals surface area (Å²) in [6.07, 6.45) is -4.49. The third-order valence-electron chi connectivity index (χ3n) is 4.90. The van der Waals surface area contributed by atoms with Crippen LogP contribution in [0.5, 0.6) is 0 Å². The number of nitrogens with zero attached hydrogens (tertiary/aromatic N) is 2. The minimum atomic E-state index is -4.49. The molecule has 0 atom stereocenters. The van der Waals surface area contributed by atoms with E-state index >= 15 is 0 Å². The second-order valence-corrected chi connectivity index (χ2v) is 7.21. The second-order valence-electron chi connectivity index (χ2n) is 7.21. The molecule has 0 saturated carbocycles. The number of hydrogen-bond acceptors (Lipinski definition) is 4. The molecular formula is C23H21F3N4O3. The quantitative estimate of drug-likeness (QED) is 0.323. The zero-order valence-electron chi connectivity index (χ0n) is 17.9. The molecule has 7 nitrogen and oxygen atoms in total. The van der Waals surface area contributed by atoms with Crippen LogP contribution in [0.1, 0.15) is 37.7 Å². The van der Waals surface area contributed by atoms with E-state index in [0.717, 1.165) is 30.0 Å². The van der Waals surface area contributed by atoms with Crippen molar-refractivity contribution in [2.75, 3.05) is 13.1 Å². The van der Waals surface area contributed by atoms with Gasteiger partial charge in [-0.25, -0.2) is 4.68 Å². The Balaban J connectivity index is 1.55. The maximum absolute atomic E-state index is 12.6. The first-order valence-electron chi connectivity index (χ1n) is 9.99. The summed E-state index contributed by atoms with van der Waals surface area (Å²) in [7, 11) is 0. The molecule has 0 bridgehead atoms. The highest BCUT2D eigenvalue weighted by Gasteiger charge is 2.30. The van der Waals surface area contributed by atoms with E-state index in [0.29, 0.717) is 11.4 Å². The number of amides is 2. The van der Waals surface area contributed by atoms with Crippen LogP contribution in [0.4, 0.5) is 13.2 Å². The van der Waals surface area contributed by atoms with Gasteiger partial charge in [0, 0.05) is 18.7 Å². The Kier molecular flexibility index (Phi) is 6.95. The van der Waals surface area contributed by atoms with Crippen molar-refractivity contribution in [1.29, 1.82) is 0 Å². The highest BCUT2D eigenvalue weighted by molar-refractivity contribution is 6.43. The maximum atomic E-state index is 12.6. The molecule has 0 aliphatic carbocycles. The average Bonchev–Trinajstić information content (AvgIpc) is 3.09. The molecule has 1 aromatic heterocycles. The average molecular weight is 458 g/mol. The number of nitrogens with one attached hydrogen (secondary N) is 2. The molecule has 0 saturated heterocycles. The predicted octanol–water partition coefficient (Wildman–Crippen LogP) is 3.24. The topological polar surface area (TPSA) is 93.1 Å². The minimum Gasteiger partial charge on any atom is -0.350 e. The van der Waals surface area contributed by atoms with Gasteiger partial charge in [0.25, 0.3) is 17.6 Å². The van der Waals surface area contributed by atoms with Gasteiger partial charge in [-0.2, -0.15) is 18.3 Å².